The standard InChI is InChI=1S/C21H21N5O3S/c1-29-17(27)12-16-18(30-2)19(22)26-20(25-16)13-8-10-15(11-9-13)24-21(28)23-14-6-4-3-5-7-14/h3-11H,12H2,1-2H3,(H2,22,25,26)(H2,23,24,28). The maximum Gasteiger partial charge on any atom is 0.323 e. The van der Waals surface area contributed by atoms with Gasteiger partial charge in [-0.25, -0.2) is 14.8 Å². The highest BCUT2D eigenvalue weighted by Gasteiger charge is 2.16. The average Bonchev–Trinajstić information content (AvgIpc) is 2.74. The molecule has 0 radical (unpaired) electrons. The lowest BCUT2D eigenvalue weighted by atomic mass is 10.2. The number of anilines is 3. The average molecular weight is 423 g/mol. The fourth-order valence-electron chi connectivity index (χ4n) is 2.71. The van der Waals surface area contributed by atoms with E-state index < -0.39 is 5.97 Å². The van der Waals surface area contributed by atoms with Crippen LogP contribution in [0.15, 0.2) is 59.5 Å². The molecule has 0 spiro atoms. The van der Waals surface area contributed by atoms with E-state index in [1.54, 1.807) is 36.4 Å². The Bertz CT molecular complexity index is 1040. The van der Waals surface area contributed by atoms with Gasteiger partial charge in [-0.1, -0.05) is 18.2 Å². The van der Waals surface area contributed by atoms with Crippen LogP contribution in [0.25, 0.3) is 11.4 Å². The van der Waals surface area contributed by atoms with Crippen LogP contribution in [0.3, 0.4) is 0 Å². The Hall–Kier alpha value is -3.59. The first-order valence-corrected chi connectivity index (χ1v) is 10.2. The number of thioether (sulfide) groups is 1. The Kier molecular flexibility index (Phi) is 6.87. The van der Waals surface area contributed by atoms with Gasteiger partial charge < -0.3 is 21.1 Å². The van der Waals surface area contributed by atoms with Gasteiger partial charge in [0.1, 0.15) is 5.82 Å². The van der Waals surface area contributed by atoms with Crippen LogP contribution >= 0.6 is 11.8 Å². The summed E-state index contributed by atoms with van der Waals surface area (Å²) in [6, 6.07) is 15.8. The summed E-state index contributed by atoms with van der Waals surface area (Å²) in [5.41, 5.74) is 8.59. The first kappa shape index (κ1) is 21.1. The molecule has 0 bridgehead atoms. The molecule has 9 heteroatoms. The number of nitrogens with one attached hydrogen (secondary N) is 2. The number of nitrogen functional groups attached to an aromatic ring is 1. The highest BCUT2D eigenvalue weighted by Crippen LogP contribution is 2.28. The van der Waals surface area contributed by atoms with E-state index in [-0.39, 0.29) is 12.5 Å². The van der Waals surface area contributed by atoms with Crippen molar-refractivity contribution in [3.8, 4) is 11.4 Å². The second kappa shape index (κ2) is 9.75. The molecule has 0 aliphatic rings. The number of ether oxygens (including phenoxy) is 1. The minimum absolute atomic E-state index is 0.00564. The molecule has 0 saturated carbocycles. The smallest absolute Gasteiger partial charge is 0.323 e. The third-order valence-corrected chi connectivity index (χ3v) is 4.99. The molecule has 3 rings (SSSR count). The highest BCUT2D eigenvalue weighted by atomic mass is 32.2. The molecule has 1 heterocycles. The van der Waals surface area contributed by atoms with Gasteiger partial charge in [0.2, 0.25) is 0 Å². The number of urea groups is 1. The highest BCUT2D eigenvalue weighted by molar-refractivity contribution is 7.98. The van der Waals surface area contributed by atoms with Crippen LogP contribution in [-0.4, -0.2) is 35.3 Å². The fraction of sp³-hybridized carbons (Fsp3) is 0.143. The first-order valence-electron chi connectivity index (χ1n) is 9.01. The monoisotopic (exact) mass is 423 g/mol. The van der Waals surface area contributed by atoms with Gasteiger partial charge in [0.25, 0.3) is 0 Å². The molecule has 4 N–H and O–H groups in total. The summed E-state index contributed by atoms with van der Waals surface area (Å²) in [5.74, 6) is 0.290. The maximum absolute atomic E-state index is 12.1. The second-order valence-corrected chi connectivity index (χ2v) is 7.00. The summed E-state index contributed by atoms with van der Waals surface area (Å²) in [6.45, 7) is 0. The number of aromatic nitrogens is 2. The Labute approximate surface area is 178 Å². The number of hydrogen-bond acceptors (Lipinski definition) is 7. The molecule has 2 aromatic carbocycles. The van der Waals surface area contributed by atoms with Gasteiger partial charge in [-0.2, -0.15) is 0 Å². The fourth-order valence-corrected chi connectivity index (χ4v) is 3.32. The molecule has 154 valence electrons. The van der Waals surface area contributed by atoms with E-state index in [4.69, 9.17) is 10.5 Å². The van der Waals surface area contributed by atoms with Crippen LogP contribution in [0.1, 0.15) is 5.69 Å². The number of benzene rings is 2. The van der Waals surface area contributed by atoms with Gasteiger partial charge in [-0.05, 0) is 42.7 Å². The van der Waals surface area contributed by atoms with Crippen molar-refractivity contribution >= 4 is 41.0 Å². The number of esters is 1. The summed E-state index contributed by atoms with van der Waals surface area (Å²) in [6.07, 6.45) is 1.85. The Balaban J connectivity index is 1.77. The molecular weight excluding hydrogens is 402 g/mol. The molecule has 2 amide bonds. The number of nitrogens with two attached hydrogens (primary N) is 1. The zero-order chi connectivity index (χ0) is 21.5. The van der Waals surface area contributed by atoms with Crippen molar-refractivity contribution in [1.29, 1.82) is 0 Å². The molecule has 0 unspecified atom stereocenters. The van der Waals surface area contributed by atoms with Gasteiger partial charge in [0.05, 0.1) is 24.1 Å². The van der Waals surface area contributed by atoms with Crippen LogP contribution < -0.4 is 16.4 Å². The van der Waals surface area contributed by atoms with Crippen LogP contribution in [0.4, 0.5) is 22.0 Å². The molecular formula is C21H21N5O3S. The second-order valence-electron chi connectivity index (χ2n) is 6.19. The summed E-state index contributed by atoms with van der Waals surface area (Å²) in [5, 5.41) is 5.51. The summed E-state index contributed by atoms with van der Waals surface area (Å²) < 4.78 is 4.74. The number of para-hydroxylation sites is 1. The number of amides is 2. The summed E-state index contributed by atoms with van der Waals surface area (Å²) >= 11 is 1.38. The topological polar surface area (TPSA) is 119 Å². The lowest BCUT2D eigenvalue weighted by Gasteiger charge is -2.11. The lowest BCUT2D eigenvalue weighted by molar-refractivity contribution is -0.139. The Morgan fingerprint density at radius 2 is 1.63 bits per heavy atom. The molecule has 0 aliphatic heterocycles. The van der Waals surface area contributed by atoms with Crippen LogP contribution in [-0.2, 0) is 16.0 Å². The Morgan fingerprint density at radius 3 is 2.23 bits per heavy atom. The molecule has 0 saturated heterocycles. The molecule has 0 fully saturated rings. The van der Waals surface area contributed by atoms with Crippen molar-refractivity contribution in [3.05, 3.63) is 60.3 Å². The van der Waals surface area contributed by atoms with E-state index >= 15 is 0 Å². The van der Waals surface area contributed by atoms with Crippen LogP contribution in [0.5, 0.6) is 0 Å². The normalized spacial score (nSPS) is 10.3. The third kappa shape index (κ3) is 5.26. The van der Waals surface area contributed by atoms with Crippen molar-refractivity contribution in [2.45, 2.75) is 11.3 Å². The first-order chi connectivity index (χ1) is 14.5. The van der Waals surface area contributed by atoms with Crippen molar-refractivity contribution < 1.29 is 14.3 Å². The number of rotatable bonds is 6. The van der Waals surface area contributed by atoms with E-state index in [2.05, 4.69) is 20.6 Å². The summed E-state index contributed by atoms with van der Waals surface area (Å²) in [4.78, 5) is 33.3. The van der Waals surface area contributed by atoms with Gasteiger partial charge >= 0.3 is 12.0 Å². The van der Waals surface area contributed by atoms with Gasteiger partial charge in [-0.3, -0.25) is 4.79 Å². The zero-order valence-corrected chi connectivity index (χ0v) is 17.3. The molecule has 1 aromatic heterocycles. The van der Waals surface area contributed by atoms with E-state index in [0.717, 1.165) is 0 Å². The molecule has 0 aliphatic carbocycles. The number of hydrogen-bond donors (Lipinski definition) is 3. The van der Waals surface area contributed by atoms with Crippen molar-refractivity contribution in [2.24, 2.45) is 0 Å². The van der Waals surface area contributed by atoms with E-state index in [1.165, 1.54) is 18.9 Å². The van der Waals surface area contributed by atoms with Crippen molar-refractivity contribution in [1.82, 2.24) is 9.97 Å². The molecule has 30 heavy (non-hydrogen) atoms. The van der Waals surface area contributed by atoms with Crippen molar-refractivity contribution in [2.75, 3.05) is 29.7 Å². The molecule has 8 nitrogen and oxygen atoms in total. The van der Waals surface area contributed by atoms with E-state index in [9.17, 15) is 9.59 Å². The van der Waals surface area contributed by atoms with Gasteiger partial charge in [-0.15, -0.1) is 11.8 Å². The van der Waals surface area contributed by atoms with E-state index in [1.807, 2.05) is 24.5 Å². The lowest BCUT2D eigenvalue weighted by Crippen LogP contribution is -2.19. The number of methoxy groups -OCH3 is 1. The third-order valence-electron chi connectivity index (χ3n) is 4.14. The minimum atomic E-state index is -0.404. The predicted octanol–water partition coefficient (Wildman–Crippen LogP) is 3.81. The number of carbonyl (C=O) groups excluding carboxylic acids is 2. The SMILES string of the molecule is COC(=O)Cc1nc(-c2ccc(NC(=O)Nc3ccccc3)cc2)nc(N)c1SC. The largest absolute Gasteiger partial charge is 0.469 e. The summed E-state index contributed by atoms with van der Waals surface area (Å²) in [7, 11) is 1.33. The van der Waals surface area contributed by atoms with Gasteiger partial charge in [0, 0.05) is 16.9 Å². The molecule has 0 atom stereocenters. The predicted molar refractivity (Wildman–Crippen MR) is 118 cm³/mol. The number of carbonyl (C=O) groups is 2. The molecule has 3 aromatic rings. The Morgan fingerprint density at radius 1 is 1.00 bits per heavy atom. The van der Waals surface area contributed by atoms with Crippen LogP contribution in [0, 0.1) is 0 Å². The van der Waals surface area contributed by atoms with Crippen molar-refractivity contribution in [3.63, 3.8) is 0 Å². The number of nitrogens with zero attached hydrogens (tertiary/aromatic N) is 2. The maximum atomic E-state index is 12.1. The van der Waals surface area contributed by atoms with Gasteiger partial charge in [0.15, 0.2) is 5.82 Å². The quantitative estimate of drug-likeness (QED) is 0.407. The van der Waals surface area contributed by atoms with E-state index in [0.29, 0.717) is 39.2 Å². The minimum Gasteiger partial charge on any atom is -0.469 e. The van der Waals surface area contributed by atoms with Crippen LogP contribution in [0.2, 0.25) is 0 Å². The zero-order valence-electron chi connectivity index (χ0n) is 16.5.